The summed E-state index contributed by atoms with van der Waals surface area (Å²) < 4.78 is 0. The lowest BCUT2D eigenvalue weighted by Crippen LogP contribution is -2.29. The Balaban J connectivity index is 1.76. The molecule has 2 aliphatic rings. The molecule has 92 valence electrons. The van der Waals surface area contributed by atoms with Gasteiger partial charge in [-0.1, -0.05) is 12.5 Å². The van der Waals surface area contributed by atoms with E-state index in [1.807, 2.05) is 19.2 Å². The van der Waals surface area contributed by atoms with E-state index in [1.54, 1.807) is 17.0 Å². The Kier molecular flexibility index (Phi) is 2.59. The number of amides is 1. The molecule has 0 saturated heterocycles. The van der Waals surface area contributed by atoms with Crippen LogP contribution in [0.4, 0.5) is 5.69 Å². The molecule has 18 heavy (non-hydrogen) atoms. The number of anilines is 1. The van der Waals surface area contributed by atoms with Crippen molar-refractivity contribution in [2.75, 3.05) is 11.9 Å². The van der Waals surface area contributed by atoms with Crippen LogP contribution in [0.3, 0.4) is 0 Å². The lowest BCUT2D eigenvalue weighted by Gasteiger charge is -2.18. The minimum atomic E-state index is 0.222. The molecule has 2 atom stereocenters. The Bertz CT molecular complexity index is 522. The van der Waals surface area contributed by atoms with Crippen LogP contribution in [0.2, 0.25) is 0 Å². The van der Waals surface area contributed by atoms with Gasteiger partial charge in [0.25, 0.3) is 0 Å². The van der Waals surface area contributed by atoms with Crippen molar-refractivity contribution in [3.8, 4) is 6.07 Å². The van der Waals surface area contributed by atoms with Crippen molar-refractivity contribution in [3.05, 3.63) is 29.8 Å². The highest BCUT2D eigenvalue weighted by molar-refractivity contribution is 5.96. The molecule has 0 heterocycles. The van der Waals surface area contributed by atoms with Gasteiger partial charge >= 0.3 is 0 Å². The molecule has 2 aliphatic carbocycles. The third-order valence-electron chi connectivity index (χ3n) is 4.38. The van der Waals surface area contributed by atoms with Gasteiger partial charge in [0.2, 0.25) is 5.91 Å². The van der Waals surface area contributed by atoms with Gasteiger partial charge in [-0.3, -0.25) is 4.79 Å². The van der Waals surface area contributed by atoms with Crippen LogP contribution in [0.1, 0.15) is 24.8 Å². The summed E-state index contributed by atoms with van der Waals surface area (Å²) in [6.45, 7) is 0. The van der Waals surface area contributed by atoms with Crippen molar-refractivity contribution >= 4 is 11.6 Å². The summed E-state index contributed by atoms with van der Waals surface area (Å²) in [5, 5.41) is 8.88. The van der Waals surface area contributed by atoms with Crippen LogP contribution in [0.15, 0.2) is 24.3 Å². The van der Waals surface area contributed by atoms with Gasteiger partial charge in [-0.2, -0.15) is 5.26 Å². The zero-order chi connectivity index (χ0) is 12.7. The highest BCUT2D eigenvalue weighted by atomic mass is 16.2. The number of carbonyl (C=O) groups excluding carboxylic acids is 1. The standard InChI is InChI=1S/C15H16N2O/c1-17(11-5-2-4-10(8-11)9-16)15(18)14-12-6-3-7-13(12)14/h2,4-5,8,12-14H,3,6-7H2,1H3. The van der Waals surface area contributed by atoms with Gasteiger partial charge in [0, 0.05) is 18.7 Å². The van der Waals surface area contributed by atoms with Gasteiger partial charge in [-0.25, -0.2) is 0 Å². The van der Waals surface area contributed by atoms with E-state index in [2.05, 4.69) is 6.07 Å². The maximum absolute atomic E-state index is 12.4. The second-order valence-corrected chi connectivity index (χ2v) is 5.34. The first-order valence-corrected chi connectivity index (χ1v) is 6.50. The molecule has 1 aromatic carbocycles. The predicted molar refractivity (Wildman–Crippen MR) is 68.9 cm³/mol. The first-order valence-electron chi connectivity index (χ1n) is 6.50. The van der Waals surface area contributed by atoms with Crippen molar-refractivity contribution in [1.29, 1.82) is 5.26 Å². The zero-order valence-electron chi connectivity index (χ0n) is 10.5. The number of nitriles is 1. The molecular formula is C15H16N2O. The molecule has 3 rings (SSSR count). The van der Waals surface area contributed by atoms with Crippen LogP contribution in [0.5, 0.6) is 0 Å². The van der Waals surface area contributed by atoms with E-state index in [-0.39, 0.29) is 11.8 Å². The Morgan fingerprint density at radius 1 is 1.39 bits per heavy atom. The Labute approximate surface area is 107 Å². The summed E-state index contributed by atoms with van der Waals surface area (Å²) >= 11 is 0. The molecule has 2 fully saturated rings. The average Bonchev–Trinajstić information content (AvgIpc) is 2.89. The largest absolute Gasteiger partial charge is 0.315 e. The fourth-order valence-electron chi connectivity index (χ4n) is 3.32. The molecule has 1 aromatic rings. The van der Waals surface area contributed by atoms with Crippen molar-refractivity contribution in [2.24, 2.45) is 17.8 Å². The van der Waals surface area contributed by atoms with Crippen molar-refractivity contribution in [3.63, 3.8) is 0 Å². The monoisotopic (exact) mass is 240 g/mol. The molecule has 3 nitrogen and oxygen atoms in total. The van der Waals surface area contributed by atoms with Crippen LogP contribution < -0.4 is 4.90 Å². The molecule has 0 radical (unpaired) electrons. The quantitative estimate of drug-likeness (QED) is 0.797. The van der Waals surface area contributed by atoms with Crippen molar-refractivity contribution in [1.82, 2.24) is 0 Å². The summed E-state index contributed by atoms with van der Waals surface area (Å²) in [6, 6.07) is 9.35. The smallest absolute Gasteiger partial charge is 0.230 e. The number of rotatable bonds is 2. The number of fused-ring (bicyclic) bond motifs is 1. The summed E-state index contributed by atoms with van der Waals surface area (Å²) in [5.74, 6) is 1.74. The van der Waals surface area contributed by atoms with E-state index in [0.717, 1.165) is 5.69 Å². The van der Waals surface area contributed by atoms with E-state index in [0.29, 0.717) is 17.4 Å². The fraction of sp³-hybridized carbons (Fsp3) is 0.467. The third kappa shape index (κ3) is 1.69. The predicted octanol–water partition coefficient (Wildman–Crippen LogP) is 2.57. The van der Waals surface area contributed by atoms with Gasteiger partial charge < -0.3 is 4.90 Å². The molecule has 0 aromatic heterocycles. The SMILES string of the molecule is CN(C(=O)C1C2CCCC21)c1cccc(C#N)c1. The zero-order valence-corrected chi connectivity index (χ0v) is 10.5. The third-order valence-corrected chi connectivity index (χ3v) is 4.38. The normalized spacial score (nSPS) is 28.3. The summed E-state index contributed by atoms with van der Waals surface area (Å²) in [5.41, 5.74) is 1.42. The van der Waals surface area contributed by atoms with E-state index in [9.17, 15) is 4.79 Å². The summed E-state index contributed by atoms with van der Waals surface area (Å²) in [7, 11) is 1.81. The second-order valence-electron chi connectivity index (χ2n) is 5.34. The molecule has 1 amide bonds. The maximum atomic E-state index is 12.4. The highest BCUT2D eigenvalue weighted by Gasteiger charge is 2.57. The first-order chi connectivity index (χ1) is 8.72. The first kappa shape index (κ1) is 11.3. The van der Waals surface area contributed by atoms with E-state index < -0.39 is 0 Å². The minimum absolute atomic E-state index is 0.222. The fourth-order valence-corrected chi connectivity index (χ4v) is 3.32. The molecule has 0 bridgehead atoms. The molecule has 3 heteroatoms. The van der Waals surface area contributed by atoms with Crippen LogP contribution >= 0.6 is 0 Å². The van der Waals surface area contributed by atoms with Crippen LogP contribution in [0.25, 0.3) is 0 Å². The summed E-state index contributed by atoms with van der Waals surface area (Å²) in [4.78, 5) is 14.1. The lowest BCUT2D eigenvalue weighted by molar-refractivity contribution is -0.120. The highest BCUT2D eigenvalue weighted by Crippen LogP contribution is 2.58. The van der Waals surface area contributed by atoms with Crippen LogP contribution in [-0.2, 0) is 4.79 Å². The molecule has 0 N–H and O–H groups in total. The van der Waals surface area contributed by atoms with E-state index >= 15 is 0 Å². The van der Waals surface area contributed by atoms with E-state index in [1.165, 1.54) is 19.3 Å². The van der Waals surface area contributed by atoms with Crippen molar-refractivity contribution in [2.45, 2.75) is 19.3 Å². The second kappa shape index (κ2) is 4.13. The number of hydrogen-bond acceptors (Lipinski definition) is 2. The molecule has 0 aliphatic heterocycles. The molecule has 2 unspecified atom stereocenters. The Morgan fingerprint density at radius 2 is 2.11 bits per heavy atom. The number of carbonyl (C=O) groups is 1. The van der Waals surface area contributed by atoms with Crippen LogP contribution in [0, 0.1) is 29.1 Å². The van der Waals surface area contributed by atoms with Crippen LogP contribution in [-0.4, -0.2) is 13.0 Å². The topological polar surface area (TPSA) is 44.1 Å². The lowest BCUT2D eigenvalue weighted by atomic mass is 10.1. The van der Waals surface area contributed by atoms with Gasteiger partial charge in [-0.05, 0) is 42.9 Å². The number of nitrogens with zero attached hydrogens (tertiary/aromatic N) is 2. The Hall–Kier alpha value is -1.82. The minimum Gasteiger partial charge on any atom is -0.315 e. The number of hydrogen-bond donors (Lipinski definition) is 0. The number of benzene rings is 1. The van der Waals surface area contributed by atoms with E-state index in [4.69, 9.17) is 5.26 Å². The molecule has 0 spiro atoms. The molecular weight excluding hydrogens is 224 g/mol. The van der Waals surface area contributed by atoms with Gasteiger partial charge in [0.15, 0.2) is 0 Å². The Morgan fingerprint density at radius 3 is 2.78 bits per heavy atom. The average molecular weight is 240 g/mol. The van der Waals surface area contributed by atoms with Crippen molar-refractivity contribution < 1.29 is 4.79 Å². The van der Waals surface area contributed by atoms with Gasteiger partial charge in [0.1, 0.15) is 0 Å². The van der Waals surface area contributed by atoms with Gasteiger partial charge in [0.05, 0.1) is 11.6 Å². The summed E-state index contributed by atoms with van der Waals surface area (Å²) in [6.07, 6.45) is 3.72. The molecule has 2 saturated carbocycles. The van der Waals surface area contributed by atoms with Gasteiger partial charge in [-0.15, -0.1) is 0 Å². The maximum Gasteiger partial charge on any atom is 0.230 e.